The molecule has 0 amide bonds. The molecule has 87 valence electrons. The summed E-state index contributed by atoms with van der Waals surface area (Å²) >= 11 is 0. The summed E-state index contributed by atoms with van der Waals surface area (Å²) in [6.07, 6.45) is 0. The minimum absolute atomic E-state index is 0. The summed E-state index contributed by atoms with van der Waals surface area (Å²) in [6.45, 7) is 28.5. The summed E-state index contributed by atoms with van der Waals surface area (Å²) in [5.41, 5.74) is 0. The molecular formula is C6CoFe2KN6Ni+3. The summed E-state index contributed by atoms with van der Waals surface area (Å²) in [6, 6.07) is 0. The molecule has 0 aliphatic carbocycles. The Bertz CT molecular complexity index is 112. The van der Waals surface area contributed by atoms with E-state index in [1.165, 1.54) is 0 Å². The number of rotatable bonds is 0. The minimum atomic E-state index is 0. The first-order chi connectivity index (χ1) is 6.00. The Labute approximate surface area is 186 Å². The van der Waals surface area contributed by atoms with Gasteiger partial charge in [0.05, 0.1) is 0 Å². The molecule has 0 fully saturated rings. The van der Waals surface area contributed by atoms with Crippen LogP contribution < -0.4 is 51.4 Å². The van der Waals surface area contributed by atoms with Gasteiger partial charge in [-0.2, -0.15) is 0 Å². The van der Waals surface area contributed by atoms with Gasteiger partial charge in [0.15, 0.2) is 0 Å². The predicted molar refractivity (Wildman–Crippen MR) is 29.8 cm³/mol. The van der Waals surface area contributed by atoms with Crippen LogP contribution in [0.5, 0.6) is 0 Å². The Hall–Kier alpha value is 0.615. The second kappa shape index (κ2) is 10700. The van der Waals surface area contributed by atoms with E-state index in [1.807, 2.05) is 0 Å². The van der Waals surface area contributed by atoms with Crippen LogP contribution in [0.2, 0.25) is 0 Å². The molecule has 0 heterocycles. The van der Waals surface area contributed by atoms with E-state index in [2.05, 4.69) is 0 Å². The molecule has 0 aliphatic rings. The Balaban J connectivity index is -0.00000000267. The molecule has 0 saturated heterocycles. The summed E-state index contributed by atoms with van der Waals surface area (Å²) < 4.78 is 0. The third kappa shape index (κ3) is 9370. The molecule has 0 N–H and O–H groups in total. The van der Waals surface area contributed by atoms with Crippen molar-refractivity contribution in [2.45, 2.75) is 0 Å². The largest absolute Gasteiger partial charge is 2.00 e. The van der Waals surface area contributed by atoms with Crippen molar-refractivity contribution in [2.24, 2.45) is 0 Å². The molecule has 0 aromatic heterocycles. The molecule has 0 aromatic rings. The Morgan fingerprint density at radius 3 is 0.412 bits per heavy atom. The molecular weight excluding hydrogens is 425 g/mol. The van der Waals surface area contributed by atoms with Crippen molar-refractivity contribution in [3.63, 3.8) is 0 Å². The number of hydrogen-bond acceptors (Lipinski definition) is 6. The summed E-state index contributed by atoms with van der Waals surface area (Å²) in [7, 11) is 0. The second-order valence-electron chi connectivity index (χ2n) is 0. The molecule has 0 unspecified atom stereocenters. The van der Waals surface area contributed by atoms with Gasteiger partial charge in [0.2, 0.25) is 0 Å². The molecule has 0 spiro atoms. The van der Waals surface area contributed by atoms with Crippen molar-refractivity contribution in [3.8, 4) is 0 Å². The van der Waals surface area contributed by atoms with Crippen LogP contribution in [0, 0.1) is 71.0 Å². The van der Waals surface area contributed by atoms with Gasteiger partial charge in [-0.3, -0.25) is 0 Å². The van der Waals surface area contributed by atoms with Crippen molar-refractivity contribution in [1.82, 2.24) is 0 Å². The average molecular weight is 425 g/mol. The molecule has 0 rings (SSSR count). The van der Waals surface area contributed by atoms with Crippen LogP contribution in [-0.2, 0) is 67.4 Å². The van der Waals surface area contributed by atoms with E-state index >= 15 is 0 Å². The van der Waals surface area contributed by atoms with E-state index in [9.17, 15) is 0 Å². The normalized spacial score (nSPS) is 0.706. The van der Waals surface area contributed by atoms with Crippen molar-refractivity contribution in [2.75, 3.05) is 0 Å². The van der Waals surface area contributed by atoms with Crippen LogP contribution in [-0.4, -0.2) is 0 Å². The van der Waals surface area contributed by atoms with Crippen molar-refractivity contribution >= 4 is 0 Å². The maximum Gasteiger partial charge on any atom is 2.00 e. The van der Waals surface area contributed by atoms with Gasteiger partial charge in [-0.05, 0) is 0 Å². The molecule has 6 nitrogen and oxygen atoms in total. The third-order valence-corrected chi connectivity index (χ3v) is 0. The van der Waals surface area contributed by atoms with Crippen molar-refractivity contribution < 1.29 is 119 Å². The van der Waals surface area contributed by atoms with Crippen molar-refractivity contribution in [3.05, 3.63) is 39.4 Å². The first kappa shape index (κ1) is 111. The van der Waals surface area contributed by atoms with Crippen LogP contribution in [0.1, 0.15) is 0 Å². The molecule has 0 saturated carbocycles. The number of hydrogen-bond donors (Lipinski definition) is 0. The fraction of sp³-hybridized carbons (Fsp3) is 0. The SMILES string of the molecule is [C-]#N.[C-]#N.[C-]#N.[C-]#N.[C-]#N.[C-]#N.[Co+2].[Fe+2].[Fe+2].[K+].[Ni+2]. The molecule has 0 aromatic carbocycles. The van der Waals surface area contributed by atoms with E-state index in [-0.39, 0.29) is 119 Å². The van der Waals surface area contributed by atoms with Gasteiger partial charge >= 0.3 is 119 Å². The molecule has 11 heteroatoms. The van der Waals surface area contributed by atoms with Gasteiger partial charge < -0.3 is 71.0 Å². The van der Waals surface area contributed by atoms with E-state index in [4.69, 9.17) is 71.0 Å². The van der Waals surface area contributed by atoms with Gasteiger partial charge in [0, 0.05) is 0 Å². The monoisotopic (exact) mass is 424 g/mol. The zero-order valence-corrected chi connectivity index (χ0v) is 15.4. The zero-order chi connectivity index (χ0) is 12.0. The van der Waals surface area contributed by atoms with Gasteiger partial charge in [0.25, 0.3) is 0 Å². The van der Waals surface area contributed by atoms with Gasteiger partial charge in [0.1, 0.15) is 0 Å². The van der Waals surface area contributed by atoms with Crippen LogP contribution in [0.4, 0.5) is 0 Å². The summed E-state index contributed by atoms with van der Waals surface area (Å²) in [5.74, 6) is 0. The summed E-state index contributed by atoms with van der Waals surface area (Å²) in [4.78, 5) is 0. The first-order valence-corrected chi connectivity index (χ1v) is 1.34. The minimum Gasteiger partial charge on any atom is -0.512 e. The fourth-order valence-electron chi connectivity index (χ4n) is 0. The quantitative estimate of drug-likeness (QED) is 0.313. The summed E-state index contributed by atoms with van der Waals surface area (Å²) in [5, 5.41) is 37.5. The molecule has 1 radical (unpaired) electrons. The van der Waals surface area contributed by atoms with Crippen LogP contribution in [0.25, 0.3) is 0 Å². The standard InChI is InChI=1S/6CN.Co.2Fe.K.Ni/c6*1-2;;;;;/q6*-1;3*+2;+1;+2. The Morgan fingerprint density at radius 1 is 0.412 bits per heavy atom. The van der Waals surface area contributed by atoms with Gasteiger partial charge in [-0.25, -0.2) is 0 Å². The Morgan fingerprint density at radius 2 is 0.412 bits per heavy atom. The molecule has 0 atom stereocenters. The topological polar surface area (TPSA) is 143 Å². The molecule has 0 aliphatic heterocycles. The second-order valence-corrected chi connectivity index (χ2v) is 0. The van der Waals surface area contributed by atoms with Gasteiger partial charge in [-0.1, -0.05) is 0 Å². The van der Waals surface area contributed by atoms with E-state index in [0.29, 0.717) is 0 Å². The van der Waals surface area contributed by atoms with Crippen molar-refractivity contribution in [1.29, 1.82) is 31.6 Å². The zero-order valence-electron chi connectivity index (χ0n) is 8.04. The predicted octanol–water partition coefficient (Wildman–Crippen LogP) is -2.43. The van der Waals surface area contributed by atoms with Crippen LogP contribution >= 0.6 is 0 Å². The van der Waals surface area contributed by atoms with E-state index in [0.717, 1.165) is 0 Å². The fourth-order valence-corrected chi connectivity index (χ4v) is 0. The van der Waals surface area contributed by atoms with Crippen LogP contribution in [0.15, 0.2) is 0 Å². The smallest absolute Gasteiger partial charge is 0.512 e. The van der Waals surface area contributed by atoms with E-state index < -0.39 is 0 Å². The third-order valence-electron chi connectivity index (χ3n) is 0. The van der Waals surface area contributed by atoms with E-state index in [1.54, 1.807) is 0 Å². The number of nitrogens with zero attached hydrogens (tertiary/aromatic N) is 6. The van der Waals surface area contributed by atoms with Gasteiger partial charge in [-0.15, -0.1) is 0 Å². The first-order valence-electron chi connectivity index (χ1n) is 1.34. The van der Waals surface area contributed by atoms with Crippen LogP contribution in [0.3, 0.4) is 0 Å². The molecule has 17 heavy (non-hydrogen) atoms. The average Bonchev–Trinajstić information content (AvgIpc) is 2.33. The maximum absolute atomic E-state index is 6.25. The Kier molecular flexibility index (Phi) is 69900. The maximum atomic E-state index is 6.25. The molecule has 0 bridgehead atoms.